The number of aliphatic hydroxyl groups excluding tert-OH is 1. The molecule has 0 spiro atoms. The molecule has 1 heterocycles. The van der Waals surface area contributed by atoms with E-state index in [1.807, 2.05) is 6.07 Å². The molecule has 0 amide bonds. The van der Waals surface area contributed by atoms with E-state index in [0.717, 1.165) is 18.2 Å². The molecule has 3 N–H and O–H groups in total. The number of aliphatic hydroxyl groups is 1. The SMILES string of the molecule is N#Cc1c(-c2cccc(OCCO)c2)cc(-c2cc(F)cc(F)c2)nc1N. The van der Waals surface area contributed by atoms with Crippen molar-refractivity contribution in [1.82, 2.24) is 4.98 Å². The highest BCUT2D eigenvalue weighted by molar-refractivity contribution is 5.80. The average molecular weight is 367 g/mol. The highest BCUT2D eigenvalue weighted by Crippen LogP contribution is 2.33. The molecule has 0 fully saturated rings. The van der Waals surface area contributed by atoms with Crippen molar-refractivity contribution in [1.29, 1.82) is 5.26 Å². The minimum Gasteiger partial charge on any atom is -0.491 e. The summed E-state index contributed by atoms with van der Waals surface area (Å²) in [4.78, 5) is 4.11. The zero-order valence-electron chi connectivity index (χ0n) is 14.1. The average Bonchev–Trinajstić information content (AvgIpc) is 2.65. The fourth-order valence-corrected chi connectivity index (χ4v) is 2.68. The van der Waals surface area contributed by atoms with E-state index >= 15 is 0 Å². The number of aromatic nitrogens is 1. The fourth-order valence-electron chi connectivity index (χ4n) is 2.68. The third-order valence-electron chi connectivity index (χ3n) is 3.82. The number of halogens is 2. The summed E-state index contributed by atoms with van der Waals surface area (Å²) in [6.45, 7) is -0.00791. The maximum atomic E-state index is 13.6. The Kier molecular flexibility index (Phi) is 5.29. The largest absolute Gasteiger partial charge is 0.491 e. The van der Waals surface area contributed by atoms with Crippen molar-refractivity contribution >= 4 is 5.82 Å². The van der Waals surface area contributed by atoms with Crippen LogP contribution in [0.25, 0.3) is 22.4 Å². The topological polar surface area (TPSA) is 92.2 Å². The second-order valence-electron chi connectivity index (χ2n) is 5.69. The number of benzene rings is 2. The lowest BCUT2D eigenvalue weighted by Gasteiger charge is -2.12. The maximum Gasteiger partial charge on any atom is 0.142 e. The molecule has 0 aliphatic carbocycles. The first kappa shape index (κ1) is 18.3. The molecule has 1 aromatic heterocycles. The van der Waals surface area contributed by atoms with Crippen LogP contribution in [0.5, 0.6) is 5.75 Å². The monoisotopic (exact) mass is 367 g/mol. The molecule has 5 nitrogen and oxygen atoms in total. The van der Waals surface area contributed by atoms with Crippen molar-refractivity contribution < 1.29 is 18.6 Å². The molecule has 27 heavy (non-hydrogen) atoms. The lowest BCUT2D eigenvalue weighted by atomic mass is 9.98. The summed E-state index contributed by atoms with van der Waals surface area (Å²) in [6.07, 6.45) is 0. The Labute approximate surface area is 154 Å². The smallest absolute Gasteiger partial charge is 0.142 e. The Bertz CT molecular complexity index is 1010. The Balaban J connectivity index is 2.15. The van der Waals surface area contributed by atoms with Crippen LogP contribution in [0, 0.1) is 23.0 Å². The quantitative estimate of drug-likeness (QED) is 0.720. The summed E-state index contributed by atoms with van der Waals surface area (Å²) in [5.41, 5.74) is 7.59. The highest BCUT2D eigenvalue weighted by Gasteiger charge is 2.15. The molecule has 2 aromatic carbocycles. The van der Waals surface area contributed by atoms with Crippen LogP contribution in [0.4, 0.5) is 14.6 Å². The molecule has 3 aromatic rings. The van der Waals surface area contributed by atoms with E-state index in [1.54, 1.807) is 30.3 Å². The van der Waals surface area contributed by atoms with Crippen LogP contribution < -0.4 is 10.5 Å². The van der Waals surface area contributed by atoms with E-state index in [0.29, 0.717) is 16.9 Å². The van der Waals surface area contributed by atoms with E-state index in [4.69, 9.17) is 15.6 Å². The summed E-state index contributed by atoms with van der Waals surface area (Å²) in [5.74, 6) is -1.03. The van der Waals surface area contributed by atoms with Gasteiger partial charge in [-0.05, 0) is 35.9 Å². The van der Waals surface area contributed by atoms with Crippen molar-refractivity contribution in [3.05, 3.63) is 65.7 Å². The molecule has 0 saturated carbocycles. The number of ether oxygens (including phenoxy) is 1. The van der Waals surface area contributed by atoms with Gasteiger partial charge in [0.25, 0.3) is 0 Å². The number of nitrogen functional groups attached to an aromatic ring is 1. The van der Waals surface area contributed by atoms with Crippen molar-refractivity contribution in [2.24, 2.45) is 0 Å². The predicted molar refractivity (Wildman–Crippen MR) is 96.7 cm³/mol. The summed E-state index contributed by atoms with van der Waals surface area (Å²) in [7, 11) is 0. The first-order valence-corrected chi connectivity index (χ1v) is 8.03. The molecule has 0 aliphatic rings. The molecule has 0 unspecified atom stereocenters. The maximum absolute atomic E-state index is 13.6. The third kappa shape index (κ3) is 4.02. The van der Waals surface area contributed by atoms with E-state index in [9.17, 15) is 14.0 Å². The zero-order valence-corrected chi connectivity index (χ0v) is 14.1. The van der Waals surface area contributed by atoms with Crippen molar-refractivity contribution in [3.63, 3.8) is 0 Å². The molecule has 0 aliphatic heterocycles. The standard InChI is InChI=1S/C20H15F2N3O2/c21-14-6-13(7-15(22)9-14)19-10-17(18(11-23)20(24)25-19)12-2-1-3-16(8-12)27-5-4-26/h1-3,6-10,26H,4-5H2,(H2,24,25). The lowest BCUT2D eigenvalue weighted by molar-refractivity contribution is 0.201. The molecule has 136 valence electrons. The van der Waals surface area contributed by atoms with Crippen LogP contribution in [0.1, 0.15) is 5.56 Å². The van der Waals surface area contributed by atoms with Gasteiger partial charge in [-0.15, -0.1) is 0 Å². The van der Waals surface area contributed by atoms with Gasteiger partial charge >= 0.3 is 0 Å². The van der Waals surface area contributed by atoms with Crippen LogP contribution >= 0.6 is 0 Å². The van der Waals surface area contributed by atoms with Gasteiger partial charge in [0.05, 0.1) is 12.3 Å². The minimum atomic E-state index is -0.740. The molecule has 7 heteroatoms. The fraction of sp³-hybridized carbons (Fsp3) is 0.100. The van der Waals surface area contributed by atoms with Crippen LogP contribution in [-0.2, 0) is 0 Å². The number of anilines is 1. The van der Waals surface area contributed by atoms with Gasteiger partial charge in [-0.1, -0.05) is 12.1 Å². The van der Waals surface area contributed by atoms with E-state index in [-0.39, 0.29) is 35.9 Å². The van der Waals surface area contributed by atoms with Gasteiger partial charge in [0.15, 0.2) is 0 Å². The van der Waals surface area contributed by atoms with Crippen LogP contribution in [0.2, 0.25) is 0 Å². The van der Waals surface area contributed by atoms with Gasteiger partial charge in [0.2, 0.25) is 0 Å². The van der Waals surface area contributed by atoms with Gasteiger partial charge in [-0.3, -0.25) is 0 Å². The molecule has 0 atom stereocenters. The molecule has 0 saturated heterocycles. The highest BCUT2D eigenvalue weighted by atomic mass is 19.1. The van der Waals surface area contributed by atoms with Gasteiger partial charge in [0.1, 0.15) is 41.4 Å². The number of hydrogen-bond acceptors (Lipinski definition) is 5. The van der Waals surface area contributed by atoms with Gasteiger partial charge in [-0.2, -0.15) is 5.26 Å². The Morgan fingerprint density at radius 3 is 2.48 bits per heavy atom. The number of rotatable bonds is 5. The number of nitrogens with two attached hydrogens (primary N) is 1. The minimum absolute atomic E-state index is 0.0450. The number of pyridine rings is 1. The Morgan fingerprint density at radius 1 is 1.07 bits per heavy atom. The molecule has 0 bridgehead atoms. The van der Waals surface area contributed by atoms with Crippen molar-refractivity contribution in [2.75, 3.05) is 18.9 Å². The Hall–Kier alpha value is -3.50. The summed E-state index contributed by atoms with van der Waals surface area (Å²) < 4.78 is 32.5. The van der Waals surface area contributed by atoms with Gasteiger partial charge < -0.3 is 15.6 Å². The van der Waals surface area contributed by atoms with E-state index < -0.39 is 11.6 Å². The van der Waals surface area contributed by atoms with Crippen LogP contribution in [0.3, 0.4) is 0 Å². The number of hydrogen-bond donors (Lipinski definition) is 2. The van der Waals surface area contributed by atoms with Crippen molar-refractivity contribution in [2.45, 2.75) is 0 Å². The number of nitrogens with zero attached hydrogens (tertiary/aromatic N) is 2. The van der Waals surface area contributed by atoms with Crippen molar-refractivity contribution in [3.8, 4) is 34.2 Å². The molecular weight excluding hydrogens is 352 g/mol. The second-order valence-corrected chi connectivity index (χ2v) is 5.69. The molecule has 0 radical (unpaired) electrons. The van der Waals surface area contributed by atoms with Crippen LogP contribution in [0.15, 0.2) is 48.5 Å². The lowest BCUT2D eigenvalue weighted by Crippen LogP contribution is -2.02. The van der Waals surface area contributed by atoms with Gasteiger partial charge in [0, 0.05) is 17.2 Å². The summed E-state index contributed by atoms with van der Waals surface area (Å²) in [5, 5.41) is 18.4. The van der Waals surface area contributed by atoms with Crippen LogP contribution in [-0.4, -0.2) is 23.3 Å². The zero-order chi connectivity index (χ0) is 19.4. The third-order valence-corrected chi connectivity index (χ3v) is 3.82. The summed E-state index contributed by atoms with van der Waals surface area (Å²) in [6, 6.07) is 13.5. The van der Waals surface area contributed by atoms with Gasteiger partial charge in [-0.25, -0.2) is 13.8 Å². The number of nitriles is 1. The molecular formula is C20H15F2N3O2. The Morgan fingerprint density at radius 2 is 1.81 bits per heavy atom. The van der Waals surface area contributed by atoms with E-state index in [1.165, 1.54) is 0 Å². The summed E-state index contributed by atoms with van der Waals surface area (Å²) >= 11 is 0. The first-order chi connectivity index (χ1) is 13.0. The predicted octanol–water partition coefficient (Wildman–Crippen LogP) is 3.52. The second kappa shape index (κ2) is 7.81. The normalized spacial score (nSPS) is 10.4. The molecule has 3 rings (SSSR count). The van der Waals surface area contributed by atoms with E-state index in [2.05, 4.69) is 4.98 Å². The first-order valence-electron chi connectivity index (χ1n) is 8.03.